The van der Waals surface area contributed by atoms with Crippen LogP contribution in [0.25, 0.3) is 0 Å². The third-order valence-electron chi connectivity index (χ3n) is 10.2. The second-order valence-electron chi connectivity index (χ2n) is 11.8. The highest BCUT2D eigenvalue weighted by Crippen LogP contribution is 2.69. The normalized spacial score (nSPS) is 46.5. The van der Waals surface area contributed by atoms with Gasteiger partial charge in [0, 0.05) is 11.8 Å². The van der Waals surface area contributed by atoms with Crippen LogP contribution in [0, 0.1) is 46.3 Å². The lowest BCUT2D eigenvalue weighted by molar-refractivity contribution is -0.209. The van der Waals surface area contributed by atoms with E-state index in [1.54, 1.807) is 6.92 Å². The van der Waals surface area contributed by atoms with Gasteiger partial charge in [-0.25, -0.2) is 0 Å². The first-order valence-electron chi connectivity index (χ1n) is 12.6. The van der Waals surface area contributed by atoms with Gasteiger partial charge >= 0.3 is 11.9 Å². The number of halogens is 2. The van der Waals surface area contributed by atoms with Gasteiger partial charge in [0.1, 0.15) is 29.8 Å². The molecule has 186 valence electrons. The highest BCUT2D eigenvalue weighted by atomic mass is 35.5. The molecule has 0 N–H and O–H groups in total. The first-order valence-corrected chi connectivity index (χ1v) is 13.6. The maximum Gasteiger partial charge on any atom is 0.321 e. The topological polar surface area (TPSA) is 69.7 Å². The van der Waals surface area contributed by atoms with E-state index in [0.717, 1.165) is 44.9 Å². The molecule has 4 aliphatic carbocycles. The lowest BCUT2D eigenvalue weighted by atomic mass is 9.42. The van der Waals surface area contributed by atoms with Crippen molar-refractivity contribution in [2.24, 2.45) is 46.3 Å². The van der Waals surface area contributed by atoms with Crippen molar-refractivity contribution in [1.82, 2.24) is 0 Å². The van der Waals surface area contributed by atoms with E-state index in [1.807, 2.05) is 0 Å². The summed E-state index contributed by atoms with van der Waals surface area (Å²) in [4.78, 5) is 36.8. The molecular formula is C26H38Cl2O5. The Labute approximate surface area is 207 Å². The second-order valence-corrected chi connectivity index (χ2v) is 12.3. The quantitative estimate of drug-likeness (QED) is 0.373. The molecule has 4 saturated carbocycles. The fourth-order valence-electron chi connectivity index (χ4n) is 9.10. The molecule has 10 atom stereocenters. The number of esters is 2. The number of alkyl halides is 2. The summed E-state index contributed by atoms with van der Waals surface area (Å²) in [6, 6.07) is 0. The molecule has 4 unspecified atom stereocenters. The maximum absolute atomic E-state index is 12.6. The predicted molar refractivity (Wildman–Crippen MR) is 127 cm³/mol. The van der Waals surface area contributed by atoms with Gasteiger partial charge in [-0.05, 0) is 86.4 Å². The Kier molecular flexibility index (Phi) is 7.15. The summed E-state index contributed by atoms with van der Waals surface area (Å²) in [5.41, 5.74) is -0.153. The fraction of sp³-hybridized carbons (Fsp3) is 0.885. The van der Waals surface area contributed by atoms with Crippen LogP contribution in [0.15, 0.2) is 0 Å². The monoisotopic (exact) mass is 500 g/mol. The molecule has 4 aliphatic rings. The number of hydrogen-bond donors (Lipinski definition) is 0. The Morgan fingerprint density at radius 2 is 1.58 bits per heavy atom. The van der Waals surface area contributed by atoms with Gasteiger partial charge in [-0.3, -0.25) is 14.4 Å². The van der Waals surface area contributed by atoms with Crippen LogP contribution in [0.3, 0.4) is 0 Å². The predicted octanol–water partition coefficient (Wildman–Crippen LogP) is 5.39. The highest BCUT2D eigenvalue weighted by molar-refractivity contribution is 6.26. The number of hydrogen-bond acceptors (Lipinski definition) is 5. The van der Waals surface area contributed by atoms with Gasteiger partial charge < -0.3 is 9.47 Å². The number of Topliss-reactive ketones (excluding diaryl/α,β-unsaturated/α-hetero) is 1. The Hall–Kier alpha value is -0.810. The number of fused-ring (bicyclic) bond motifs is 5. The molecule has 7 heteroatoms. The lowest BCUT2D eigenvalue weighted by Gasteiger charge is -2.64. The van der Waals surface area contributed by atoms with Gasteiger partial charge in [0.05, 0.1) is 0 Å². The summed E-state index contributed by atoms with van der Waals surface area (Å²) in [5, 5.41) is 0. The minimum absolute atomic E-state index is 0.0148. The van der Waals surface area contributed by atoms with Crippen molar-refractivity contribution in [3.8, 4) is 0 Å². The van der Waals surface area contributed by atoms with E-state index < -0.39 is 0 Å². The standard InChI is InChI=1S/C26H38Cl2O5/c1-14-9-17-19-6-5-18(15(2)29)26(19,4)11-21(33-23(31)13-28)24(17)25(3)8-7-16(10-20(14)25)32-22(30)12-27/h14,16-21,24H,5-13H2,1-4H3/t14?,16?,17-,18+,19-,20?,21?,24+,25-,26+/m0/s1. The minimum atomic E-state index is -0.372. The van der Waals surface area contributed by atoms with Crippen LogP contribution in [0.5, 0.6) is 0 Å². The molecule has 4 fully saturated rings. The van der Waals surface area contributed by atoms with Crippen molar-refractivity contribution in [1.29, 1.82) is 0 Å². The number of carbonyl (C=O) groups excluding carboxylic acids is 3. The molecule has 0 radical (unpaired) electrons. The van der Waals surface area contributed by atoms with Gasteiger partial charge in [-0.15, -0.1) is 23.2 Å². The zero-order chi connectivity index (χ0) is 24.1. The molecule has 0 spiro atoms. The Morgan fingerprint density at radius 1 is 0.909 bits per heavy atom. The van der Waals surface area contributed by atoms with Crippen molar-refractivity contribution in [3.63, 3.8) is 0 Å². The number of ether oxygens (including phenoxy) is 2. The van der Waals surface area contributed by atoms with Gasteiger partial charge in [0.15, 0.2) is 0 Å². The molecule has 5 nitrogen and oxygen atoms in total. The van der Waals surface area contributed by atoms with Crippen LogP contribution < -0.4 is 0 Å². The van der Waals surface area contributed by atoms with Crippen molar-refractivity contribution in [2.75, 3.05) is 11.8 Å². The zero-order valence-electron chi connectivity index (χ0n) is 20.3. The zero-order valence-corrected chi connectivity index (χ0v) is 21.8. The van der Waals surface area contributed by atoms with E-state index in [4.69, 9.17) is 32.7 Å². The van der Waals surface area contributed by atoms with Crippen LogP contribution in [0.1, 0.15) is 72.6 Å². The van der Waals surface area contributed by atoms with E-state index in [9.17, 15) is 14.4 Å². The summed E-state index contributed by atoms with van der Waals surface area (Å²) in [7, 11) is 0. The Morgan fingerprint density at radius 3 is 2.21 bits per heavy atom. The summed E-state index contributed by atoms with van der Waals surface area (Å²) < 4.78 is 11.7. The molecule has 0 aromatic rings. The summed E-state index contributed by atoms with van der Waals surface area (Å²) in [6.07, 6.45) is 6.02. The summed E-state index contributed by atoms with van der Waals surface area (Å²) in [5.74, 6) is 1.27. The minimum Gasteiger partial charge on any atom is -0.461 e. The van der Waals surface area contributed by atoms with Crippen LogP contribution in [-0.2, 0) is 23.9 Å². The van der Waals surface area contributed by atoms with Crippen LogP contribution in [-0.4, -0.2) is 41.7 Å². The van der Waals surface area contributed by atoms with Crippen molar-refractivity contribution >= 4 is 40.9 Å². The molecule has 0 aromatic heterocycles. The largest absolute Gasteiger partial charge is 0.461 e. The van der Waals surface area contributed by atoms with E-state index in [0.29, 0.717) is 23.7 Å². The second kappa shape index (κ2) is 9.33. The van der Waals surface area contributed by atoms with Crippen molar-refractivity contribution in [3.05, 3.63) is 0 Å². The maximum atomic E-state index is 12.6. The molecule has 0 amide bonds. The van der Waals surface area contributed by atoms with E-state index in [1.165, 1.54) is 0 Å². The lowest BCUT2D eigenvalue weighted by Crippen LogP contribution is -2.62. The van der Waals surface area contributed by atoms with E-state index in [2.05, 4.69) is 20.8 Å². The van der Waals surface area contributed by atoms with Gasteiger partial charge in [0.25, 0.3) is 0 Å². The molecule has 33 heavy (non-hydrogen) atoms. The SMILES string of the molecule is CC(=O)[C@H]1CC[C@H]2[C@@H]3CC(C)C4CC(OC(=O)CCl)CC[C@]4(C)[C@H]3C(OC(=O)CCl)C[C@]12C. The van der Waals surface area contributed by atoms with Gasteiger partial charge in [-0.1, -0.05) is 20.8 Å². The van der Waals surface area contributed by atoms with Crippen LogP contribution >= 0.6 is 23.2 Å². The number of rotatable bonds is 5. The Balaban J connectivity index is 1.68. The Bertz CT molecular complexity index is 802. The number of ketones is 1. The fourth-order valence-corrected chi connectivity index (χ4v) is 9.22. The third-order valence-corrected chi connectivity index (χ3v) is 10.6. The van der Waals surface area contributed by atoms with Crippen molar-refractivity contribution < 1.29 is 23.9 Å². The van der Waals surface area contributed by atoms with Crippen LogP contribution in [0.2, 0.25) is 0 Å². The first kappa shape index (κ1) is 25.3. The van der Waals surface area contributed by atoms with E-state index in [-0.39, 0.29) is 64.4 Å². The van der Waals surface area contributed by atoms with Crippen LogP contribution in [0.4, 0.5) is 0 Å². The molecule has 4 rings (SSSR count). The molecular weight excluding hydrogens is 463 g/mol. The molecule has 0 bridgehead atoms. The average Bonchev–Trinajstić information content (AvgIpc) is 3.11. The molecule has 0 aliphatic heterocycles. The molecule has 0 saturated heterocycles. The van der Waals surface area contributed by atoms with Gasteiger partial charge in [0.2, 0.25) is 0 Å². The molecule has 0 heterocycles. The smallest absolute Gasteiger partial charge is 0.321 e. The van der Waals surface area contributed by atoms with Crippen molar-refractivity contribution in [2.45, 2.75) is 84.8 Å². The summed E-state index contributed by atoms with van der Waals surface area (Å²) in [6.45, 7) is 8.67. The van der Waals surface area contributed by atoms with E-state index >= 15 is 0 Å². The summed E-state index contributed by atoms with van der Waals surface area (Å²) >= 11 is 11.5. The number of carbonyl (C=O) groups is 3. The highest BCUT2D eigenvalue weighted by Gasteiger charge is 2.65. The third kappa shape index (κ3) is 4.24. The average molecular weight is 501 g/mol. The first-order chi connectivity index (χ1) is 15.5. The molecule has 0 aromatic carbocycles. The van der Waals surface area contributed by atoms with Gasteiger partial charge in [-0.2, -0.15) is 0 Å².